The van der Waals surface area contributed by atoms with E-state index in [9.17, 15) is 14.5 Å². The van der Waals surface area contributed by atoms with Gasteiger partial charge in [0, 0.05) is 22.8 Å². The van der Waals surface area contributed by atoms with Crippen molar-refractivity contribution in [1.82, 2.24) is 0 Å². The van der Waals surface area contributed by atoms with Crippen LogP contribution in [0.3, 0.4) is 0 Å². The van der Waals surface area contributed by atoms with Gasteiger partial charge >= 0.3 is 0 Å². The Balaban J connectivity index is 2.24. The second kappa shape index (κ2) is 6.67. The van der Waals surface area contributed by atoms with E-state index >= 15 is 0 Å². The molecule has 2 rings (SSSR count). The molecular formula is C15H14BrFN2O2. The summed E-state index contributed by atoms with van der Waals surface area (Å²) in [7, 11) is 0. The van der Waals surface area contributed by atoms with Crippen LogP contribution in [0.4, 0.5) is 15.8 Å². The molecular weight excluding hydrogens is 339 g/mol. The van der Waals surface area contributed by atoms with E-state index in [0.29, 0.717) is 5.56 Å². The molecule has 2 aromatic carbocycles. The summed E-state index contributed by atoms with van der Waals surface area (Å²) >= 11 is 3.41. The van der Waals surface area contributed by atoms with Crippen LogP contribution in [-0.2, 0) is 13.0 Å². The highest BCUT2D eigenvalue weighted by atomic mass is 79.9. The van der Waals surface area contributed by atoms with Crippen molar-refractivity contribution in [2.24, 2.45) is 0 Å². The summed E-state index contributed by atoms with van der Waals surface area (Å²) in [4.78, 5) is 10.5. The molecule has 6 heteroatoms. The first-order chi connectivity index (χ1) is 10.0. The smallest absolute Gasteiger partial charge is 0.274 e. The van der Waals surface area contributed by atoms with Crippen molar-refractivity contribution in [3.05, 3.63) is 67.9 Å². The second-order valence-corrected chi connectivity index (χ2v) is 5.45. The molecule has 21 heavy (non-hydrogen) atoms. The Morgan fingerprint density at radius 2 is 2.00 bits per heavy atom. The summed E-state index contributed by atoms with van der Waals surface area (Å²) < 4.78 is 14.3. The van der Waals surface area contributed by atoms with Gasteiger partial charge in [0.05, 0.1) is 10.5 Å². The average Bonchev–Trinajstić information content (AvgIpc) is 2.45. The molecule has 0 aliphatic heterocycles. The van der Waals surface area contributed by atoms with Crippen molar-refractivity contribution in [2.75, 3.05) is 5.32 Å². The predicted molar refractivity (Wildman–Crippen MR) is 83.9 cm³/mol. The molecule has 0 heterocycles. The molecule has 1 N–H and O–H groups in total. The average molecular weight is 353 g/mol. The molecule has 0 unspecified atom stereocenters. The van der Waals surface area contributed by atoms with Gasteiger partial charge in [-0.15, -0.1) is 0 Å². The van der Waals surface area contributed by atoms with Gasteiger partial charge in [-0.3, -0.25) is 10.1 Å². The topological polar surface area (TPSA) is 55.2 Å². The van der Waals surface area contributed by atoms with Crippen molar-refractivity contribution in [1.29, 1.82) is 0 Å². The first-order valence-corrected chi connectivity index (χ1v) is 7.25. The lowest BCUT2D eigenvalue weighted by Gasteiger charge is -2.12. The molecule has 2 aromatic rings. The normalized spacial score (nSPS) is 10.4. The highest BCUT2D eigenvalue weighted by Gasteiger charge is 2.14. The Morgan fingerprint density at radius 3 is 2.67 bits per heavy atom. The summed E-state index contributed by atoms with van der Waals surface area (Å²) in [5.41, 5.74) is 2.21. The zero-order chi connectivity index (χ0) is 15.4. The van der Waals surface area contributed by atoms with Crippen LogP contribution in [0.2, 0.25) is 0 Å². The van der Waals surface area contributed by atoms with Crippen molar-refractivity contribution >= 4 is 27.3 Å². The van der Waals surface area contributed by atoms with Crippen LogP contribution in [0.25, 0.3) is 0 Å². The van der Waals surface area contributed by atoms with Gasteiger partial charge in [-0.2, -0.15) is 0 Å². The second-order valence-electron chi connectivity index (χ2n) is 4.54. The molecule has 0 spiro atoms. The molecule has 0 aliphatic rings. The maximum Gasteiger partial charge on any atom is 0.274 e. The van der Waals surface area contributed by atoms with Crippen molar-refractivity contribution in [3.63, 3.8) is 0 Å². The fourth-order valence-corrected chi connectivity index (χ4v) is 2.50. The van der Waals surface area contributed by atoms with E-state index in [1.807, 2.05) is 25.1 Å². The number of hydrogen-bond donors (Lipinski definition) is 1. The Labute approximate surface area is 130 Å². The third kappa shape index (κ3) is 3.78. The maximum atomic E-state index is 13.3. The Morgan fingerprint density at radius 1 is 1.24 bits per heavy atom. The largest absolute Gasteiger partial charge is 0.380 e. The lowest BCUT2D eigenvalue weighted by atomic mass is 10.1. The van der Waals surface area contributed by atoms with Crippen LogP contribution in [0.1, 0.15) is 18.1 Å². The molecule has 4 nitrogen and oxygen atoms in total. The monoisotopic (exact) mass is 352 g/mol. The zero-order valence-corrected chi connectivity index (χ0v) is 13.0. The predicted octanol–water partition coefficient (Wildman–Crippen LogP) is 4.67. The summed E-state index contributed by atoms with van der Waals surface area (Å²) in [6, 6.07) is 9.25. The van der Waals surface area contributed by atoms with Crippen molar-refractivity contribution < 1.29 is 9.31 Å². The molecule has 0 saturated heterocycles. The summed E-state index contributed by atoms with van der Waals surface area (Å²) in [5, 5.41) is 14.1. The van der Waals surface area contributed by atoms with Gasteiger partial charge in [0.25, 0.3) is 5.69 Å². The third-order valence-corrected chi connectivity index (χ3v) is 3.65. The number of nitro benzene ring substituents is 1. The molecule has 0 amide bonds. The van der Waals surface area contributed by atoms with Gasteiger partial charge in [0.1, 0.15) is 5.82 Å². The van der Waals surface area contributed by atoms with E-state index in [0.717, 1.165) is 28.2 Å². The molecule has 0 saturated carbocycles. The molecule has 0 radical (unpaired) electrons. The fraction of sp³-hybridized carbons (Fsp3) is 0.200. The first-order valence-electron chi connectivity index (χ1n) is 6.46. The first kappa shape index (κ1) is 15.4. The van der Waals surface area contributed by atoms with Crippen molar-refractivity contribution in [3.8, 4) is 0 Å². The number of nitro groups is 1. The van der Waals surface area contributed by atoms with Gasteiger partial charge < -0.3 is 5.32 Å². The molecule has 0 atom stereocenters. The molecule has 110 valence electrons. The van der Waals surface area contributed by atoms with Crippen LogP contribution in [0.5, 0.6) is 0 Å². The number of nitrogens with one attached hydrogen (secondary N) is 1. The van der Waals surface area contributed by atoms with Gasteiger partial charge in [-0.1, -0.05) is 22.9 Å². The highest BCUT2D eigenvalue weighted by molar-refractivity contribution is 9.10. The SMILES string of the molecule is CCc1cc(Br)ccc1NCc1cc(F)ccc1[N+](=O)[O-]. The van der Waals surface area contributed by atoms with Crippen LogP contribution in [0.15, 0.2) is 40.9 Å². The van der Waals surface area contributed by atoms with Gasteiger partial charge in [-0.05, 0) is 42.3 Å². The van der Waals surface area contributed by atoms with Crippen LogP contribution < -0.4 is 5.32 Å². The molecule has 0 aromatic heterocycles. The van der Waals surface area contributed by atoms with Crippen LogP contribution in [-0.4, -0.2) is 4.92 Å². The number of halogens is 2. The third-order valence-electron chi connectivity index (χ3n) is 3.16. The standard InChI is InChI=1S/C15H14BrFN2O2/c1-2-10-7-12(16)3-5-14(10)18-9-11-8-13(17)4-6-15(11)19(20)21/h3-8,18H,2,9H2,1H3. The number of nitrogens with zero attached hydrogens (tertiary/aromatic N) is 1. The maximum absolute atomic E-state index is 13.3. The van der Waals surface area contributed by atoms with E-state index < -0.39 is 10.7 Å². The van der Waals surface area contributed by atoms with E-state index in [1.54, 1.807) is 0 Å². The Kier molecular flexibility index (Phi) is 4.90. The van der Waals surface area contributed by atoms with E-state index in [4.69, 9.17) is 0 Å². The van der Waals surface area contributed by atoms with E-state index in [1.165, 1.54) is 12.1 Å². The Hall–Kier alpha value is -1.95. The Bertz CT molecular complexity index is 677. The number of benzene rings is 2. The highest BCUT2D eigenvalue weighted by Crippen LogP contribution is 2.24. The lowest BCUT2D eigenvalue weighted by molar-refractivity contribution is -0.385. The number of aryl methyl sites for hydroxylation is 1. The van der Waals surface area contributed by atoms with Crippen molar-refractivity contribution in [2.45, 2.75) is 19.9 Å². The summed E-state index contributed by atoms with van der Waals surface area (Å²) in [6.45, 7) is 2.22. The number of anilines is 1. The fourth-order valence-electron chi connectivity index (χ4n) is 2.09. The van der Waals surface area contributed by atoms with E-state index in [-0.39, 0.29) is 12.2 Å². The minimum atomic E-state index is -0.501. The quantitative estimate of drug-likeness (QED) is 0.628. The summed E-state index contributed by atoms with van der Waals surface area (Å²) in [5.74, 6) is -0.482. The summed E-state index contributed by atoms with van der Waals surface area (Å²) in [6.07, 6.45) is 0.826. The number of rotatable bonds is 5. The molecule has 0 bridgehead atoms. The van der Waals surface area contributed by atoms with Crippen LogP contribution in [0, 0.1) is 15.9 Å². The minimum Gasteiger partial charge on any atom is -0.380 e. The molecule has 0 fully saturated rings. The molecule has 0 aliphatic carbocycles. The van der Waals surface area contributed by atoms with Gasteiger partial charge in [0.2, 0.25) is 0 Å². The van der Waals surface area contributed by atoms with E-state index in [2.05, 4.69) is 21.2 Å². The zero-order valence-electron chi connectivity index (χ0n) is 11.4. The number of hydrogen-bond acceptors (Lipinski definition) is 3. The van der Waals surface area contributed by atoms with Gasteiger partial charge in [0.15, 0.2) is 0 Å². The lowest BCUT2D eigenvalue weighted by Crippen LogP contribution is -2.05. The minimum absolute atomic E-state index is 0.0842. The van der Waals surface area contributed by atoms with Crippen LogP contribution >= 0.6 is 15.9 Å². The van der Waals surface area contributed by atoms with Gasteiger partial charge in [-0.25, -0.2) is 4.39 Å².